The van der Waals surface area contributed by atoms with Crippen LogP contribution >= 0.6 is 0 Å². The van der Waals surface area contributed by atoms with E-state index in [2.05, 4.69) is 40.5 Å². The molecule has 2 aliphatic rings. The van der Waals surface area contributed by atoms with E-state index in [1.165, 1.54) is 57.3 Å². The van der Waals surface area contributed by atoms with Crippen LogP contribution in [0.15, 0.2) is 30.3 Å². The molecule has 2 heterocycles. The van der Waals surface area contributed by atoms with E-state index < -0.39 is 0 Å². The van der Waals surface area contributed by atoms with Gasteiger partial charge >= 0.3 is 0 Å². The minimum Gasteiger partial charge on any atom is -0.378 e. The minimum absolute atomic E-state index is 0.510. The zero-order chi connectivity index (χ0) is 14.3. The average Bonchev–Trinajstić information content (AvgIpc) is 2.57. The lowest BCUT2D eigenvalue weighted by atomic mass is 10.0. The Bertz CT molecular complexity index is 395. The molecule has 0 bridgehead atoms. The molecule has 1 N–H and O–H groups in total. The van der Waals surface area contributed by atoms with Crippen molar-refractivity contribution in [1.82, 2.24) is 5.32 Å². The molecule has 3 heteroatoms. The summed E-state index contributed by atoms with van der Waals surface area (Å²) in [6, 6.07) is 11.5. The van der Waals surface area contributed by atoms with Crippen molar-refractivity contribution in [3.63, 3.8) is 0 Å². The van der Waals surface area contributed by atoms with Gasteiger partial charge in [0.1, 0.15) is 0 Å². The molecule has 1 atom stereocenters. The summed E-state index contributed by atoms with van der Waals surface area (Å²) in [4.78, 5) is 2.50. The van der Waals surface area contributed by atoms with E-state index in [0.717, 1.165) is 13.2 Å². The van der Waals surface area contributed by atoms with Gasteiger partial charge in [-0.3, -0.25) is 0 Å². The second kappa shape index (κ2) is 7.81. The number of benzene rings is 1. The second-order valence-corrected chi connectivity index (χ2v) is 6.33. The maximum absolute atomic E-state index is 5.79. The normalized spacial score (nSPS) is 24.2. The Hall–Kier alpha value is -1.06. The zero-order valence-electron chi connectivity index (χ0n) is 13.0. The number of nitrogens with one attached hydrogen (secondary N) is 1. The van der Waals surface area contributed by atoms with Crippen LogP contribution < -0.4 is 10.2 Å². The monoisotopic (exact) mass is 288 g/mol. The predicted octanol–water partition coefficient (Wildman–Crippen LogP) is 3.20. The lowest BCUT2D eigenvalue weighted by molar-refractivity contribution is 0.0111. The van der Waals surface area contributed by atoms with Crippen LogP contribution in [0.1, 0.15) is 38.5 Å². The summed E-state index contributed by atoms with van der Waals surface area (Å²) < 4.78 is 5.79. The second-order valence-electron chi connectivity index (χ2n) is 6.33. The first-order valence-corrected chi connectivity index (χ1v) is 8.57. The third-order valence-electron chi connectivity index (χ3n) is 4.79. The highest BCUT2D eigenvalue weighted by atomic mass is 16.5. The molecule has 0 aromatic heterocycles. The smallest absolute Gasteiger partial charge is 0.0587 e. The number of hydrogen-bond acceptors (Lipinski definition) is 3. The first kappa shape index (κ1) is 14.9. The molecule has 2 fully saturated rings. The molecule has 0 aliphatic carbocycles. The highest BCUT2D eigenvalue weighted by Gasteiger charge is 2.19. The SMILES string of the molecule is c1ccc(N2CCC(NCCC3CCCCO3)CC2)cc1. The molecule has 2 saturated heterocycles. The van der Waals surface area contributed by atoms with Crippen LogP contribution in [-0.2, 0) is 4.74 Å². The predicted molar refractivity (Wildman–Crippen MR) is 87.9 cm³/mol. The van der Waals surface area contributed by atoms with Gasteiger partial charge in [-0.25, -0.2) is 0 Å². The summed E-state index contributed by atoms with van der Waals surface area (Å²) in [6.07, 6.45) is 8.05. The standard InChI is InChI=1S/C18H28N2O/c1-2-6-17(7-3-1)20-13-10-16(11-14-20)19-12-9-18-8-4-5-15-21-18/h1-3,6-7,16,18-19H,4-5,8-15H2. The maximum atomic E-state index is 5.79. The Morgan fingerprint density at radius 3 is 2.57 bits per heavy atom. The molecule has 0 radical (unpaired) electrons. The van der Waals surface area contributed by atoms with Crippen LogP contribution in [0.3, 0.4) is 0 Å². The molecular weight excluding hydrogens is 260 g/mol. The summed E-state index contributed by atoms with van der Waals surface area (Å²) in [6.45, 7) is 4.42. The lowest BCUT2D eigenvalue weighted by Gasteiger charge is -2.34. The topological polar surface area (TPSA) is 24.5 Å². The lowest BCUT2D eigenvalue weighted by Crippen LogP contribution is -2.43. The van der Waals surface area contributed by atoms with Crippen LogP contribution in [0.25, 0.3) is 0 Å². The van der Waals surface area contributed by atoms with E-state index in [1.807, 2.05) is 0 Å². The van der Waals surface area contributed by atoms with E-state index in [1.54, 1.807) is 0 Å². The van der Waals surface area contributed by atoms with Crippen molar-refractivity contribution < 1.29 is 4.74 Å². The van der Waals surface area contributed by atoms with Crippen LogP contribution in [0.5, 0.6) is 0 Å². The van der Waals surface area contributed by atoms with Crippen molar-refractivity contribution >= 4 is 5.69 Å². The average molecular weight is 288 g/mol. The van der Waals surface area contributed by atoms with Crippen molar-refractivity contribution in [3.05, 3.63) is 30.3 Å². The van der Waals surface area contributed by atoms with Gasteiger partial charge in [-0.15, -0.1) is 0 Å². The summed E-state index contributed by atoms with van der Waals surface area (Å²) in [5, 5.41) is 3.73. The number of nitrogens with zero attached hydrogens (tertiary/aromatic N) is 1. The van der Waals surface area contributed by atoms with Crippen LogP contribution in [0.2, 0.25) is 0 Å². The van der Waals surface area contributed by atoms with E-state index in [9.17, 15) is 0 Å². The van der Waals surface area contributed by atoms with Gasteiger partial charge in [0.2, 0.25) is 0 Å². The Morgan fingerprint density at radius 1 is 1.05 bits per heavy atom. The Kier molecular flexibility index (Phi) is 5.53. The quantitative estimate of drug-likeness (QED) is 0.900. The fourth-order valence-electron chi connectivity index (χ4n) is 3.46. The molecule has 21 heavy (non-hydrogen) atoms. The first-order valence-electron chi connectivity index (χ1n) is 8.57. The van der Waals surface area contributed by atoms with Crippen molar-refractivity contribution in [2.45, 2.75) is 50.7 Å². The van der Waals surface area contributed by atoms with Crippen molar-refractivity contribution in [2.75, 3.05) is 31.1 Å². The molecule has 3 rings (SSSR count). The highest BCUT2D eigenvalue weighted by molar-refractivity contribution is 5.46. The minimum atomic E-state index is 0.510. The van der Waals surface area contributed by atoms with Crippen LogP contribution in [0.4, 0.5) is 5.69 Å². The Balaban J connectivity index is 1.34. The molecule has 1 unspecified atom stereocenters. The Morgan fingerprint density at radius 2 is 1.86 bits per heavy atom. The number of ether oxygens (including phenoxy) is 1. The number of rotatable bonds is 5. The number of hydrogen-bond donors (Lipinski definition) is 1. The largest absolute Gasteiger partial charge is 0.378 e. The van der Waals surface area contributed by atoms with Gasteiger partial charge in [0.25, 0.3) is 0 Å². The van der Waals surface area contributed by atoms with Gasteiger partial charge in [0.05, 0.1) is 6.10 Å². The van der Waals surface area contributed by atoms with Gasteiger partial charge < -0.3 is 15.0 Å². The molecule has 1 aromatic rings. The summed E-state index contributed by atoms with van der Waals surface area (Å²) in [5.74, 6) is 0. The fraction of sp³-hybridized carbons (Fsp3) is 0.667. The van der Waals surface area contributed by atoms with Crippen LogP contribution in [-0.4, -0.2) is 38.4 Å². The molecule has 116 valence electrons. The van der Waals surface area contributed by atoms with Crippen molar-refractivity contribution in [1.29, 1.82) is 0 Å². The first-order chi connectivity index (χ1) is 10.4. The zero-order valence-corrected chi connectivity index (χ0v) is 13.0. The van der Waals surface area contributed by atoms with Crippen molar-refractivity contribution in [3.8, 4) is 0 Å². The molecular formula is C18H28N2O. The van der Waals surface area contributed by atoms with Gasteiger partial charge in [-0.2, -0.15) is 0 Å². The molecule has 0 spiro atoms. The highest BCUT2D eigenvalue weighted by Crippen LogP contribution is 2.20. The fourth-order valence-corrected chi connectivity index (χ4v) is 3.46. The number of piperidine rings is 1. The molecule has 0 amide bonds. The molecule has 3 nitrogen and oxygen atoms in total. The van der Waals surface area contributed by atoms with E-state index in [4.69, 9.17) is 4.74 Å². The molecule has 0 saturated carbocycles. The number of anilines is 1. The maximum Gasteiger partial charge on any atom is 0.0587 e. The van der Waals surface area contributed by atoms with E-state index >= 15 is 0 Å². The number of para-hydroxylation sites is 1. The van der Waals surface area contributed by atoms with Crippen LogP contribution in [0, 0.1) is 0 Å². The van der Waals surface area contributed by atoms with Gasteiger partial charge in [0, 0.05) is 31.4 Å². The molecule has 2 aliphatic heterocycles. The summed E-state index contributed by atoms with van der Waals surface area (Å²) in [7, 11) is 0. The summed E-state index contributed by atoms with van der Waals surface area (Å²) in [5.41, 5.74) is 1.37. The van der Waals surface area contributed by atoms with E-state index in [0.29, 0.717) is 12.1 Å². The van der Waals surface area contributed by atoms with Crippen molar-refractivity contribution in [2.24, 2.45) is 0 Å². The molecule has 1 aromatic carbocycles. The van der Waals surface area contributed by atoms with Gasteiger partial charge in [-0.1, -0.05) is 18.2 Å². The third-order valence-corrected chi connectivity index (χ3v) is 4.79. The van der Waals surface area contributed by atoms with Gasteiger partial charge in [0.15, 0.2) is 0 Å². The van der Waals surface area contributed by atoms with E-state index in [-0.39, 0.29) is 0 Å². The van der Waals surface area contributed by atoms with Gasteiger partial charge in [-0.05, 0) is 57.2 Å². The third kappa shape index (κ3) is 4.45. The summed E-state index contributed by atoms with van der Waals surface area (Å²) >= 11 is 0. The Labute approximate surface area is 128 Å².